The van der Waals surface area contributed by atoms with Crippen molar-refractivity contribution in [1.82, 2.24) is 9.55 Å². The third-order valence-corrected chi connectivity index (χ3v) is 5.04. The standard InChI is InChI=1S/C18H19N3O2S/c1-24(22,23)16-8-6-14(7-9-16)13-21-11-10-20-18(21)12-15-4-2-3-5-17(15)19/h2-11H,12-13,19H2,1H3. The summed E-state index contributed by atoms with van der Waals surface area (Å²) in [5, 5.41) is 0. The number of nitrogens with zero attached hydrogens (tertiary/aromatic N) is 2. The molecule has 0 atom stereocenters. The quantitative estimate of drug-likeness (QED) is 0.723. The SMILES string of the molecule is CS(=O)(=O)c1ccc(Cn2ccnc2Cc2ccccc2N)cc1. The van der Waals surface area contributed by atoms with Crippen LogP contribution in [0.4, 0.5) is 5.69 Å². The summed E-state index contributed by atoms with van der Waals surface area (Å²) in [6.45, 7) is 0.631. The van der Waals surface area contributed by atoms with Crippen molar-refractivity contribution in [3.63, 3.8) is 0 Å². The van der Waals surface area contributed by atoms with Gasteiger partial charge < -0.3 is 10.3 Å². The van der Waals surface area contributed by atoms with Crippen molar-refractivity contribution in [1.29, 1.82) is 0 Å². The molecule has 0 saturated carbocycles. The molecule has 0 saturated heterocycles. The largest absolute Gasteiger partial charge is 0.398 e. The summed E-state index contributed by atoms with van der Waals surface area (Å²) in [7, 11) is -3.17. The summed E-state index contributed by atoms with van der Waals surface area (Å²) >= 11 is 0. The number of nitrogen functional groups attached to an aromatic ring is 1. The average molecular weight is 341 g/mol. The molecule has 6 heteroatoms. The van der Waals surface area contributed by atoms with Crippen LogP contribution in [0.25, 0.3) is 0 Å². The third-order valence-electron chi connectivity index (χ3n) is 3.91. The molecule has 124 valence electrons. The summed E-state index contributed by atoms with van der Waals surface area (Å²) in [4.78, 5) is 4.75. The molecule has 24 heavy (non-hydrogen) atoms. The van der Waals surface area contributed by atoms with E-state index >= 15 is 0 Å². The second-order valence-electron chi connectivity index (χ2n) is 5.76. The number of rotatable bonds is 5. The summed E-state index contributed by atoms with van der Waals surface area (Å²) in [6.07, 6.45) is 5.54. The van der Waals surface area contributed by atoms with Gasteiger partial charge in [0.1, 0.15) is 5.82 Å². The lowest BCUT2D eigenvalue weighted by molar-refractivity contribution is 0.602. The smallest absolute Gasteiger partial charge is 0.175 e. The molecule has 0 aliphatic rings. The monoisotopic (exact) mass is 341 g/mol. The lowest BCUT2D eigenvalue weighted by Gasteiger charge is -2.10. The van der Waals surface area contributed by atoms with E-state index in [2.05, 4.69) is 4.98 Å². The van der Waals surface area contributed by atoms with Crippen LogP contribution >= 0.6 is 0 Å². The van der Waals surface area contributed by atoms with Crippen molar-refractivity contribution in [2.45, 2.75) is 17.9 Å². The van der Waals surface area contributed by atoms with E-state index in [1.165, 1.54) is 6.26 Å². The molecule has 0 fully saturated rings. The maximum absolute atomic E-state index is 11.5. The van der Waals surface area contributed by atoms with E-state index in [0.717, 1.165) is 22.6 Å². The first-order chi connectivity index (χ1) is 11.4. The number of para-hydroxylation sites is 1. The zero-order valence-electron chi connectivity index (χ0n) is 13.4. The lowest BCUT2D eigenvalue weighted by Crippen LogP contribution is -2.06. The van der Waals surface area contributed by atoms with E-state index in [9.17, 15) is 8.42 Å². The Morgan fingerprint density at radius 1 is 1.08 bits per heavy atom. The van der Waals surface area contributed by atoms with E-state index in [4.69, 9.17) is 5.73 Å². The highest BCUT2D eigenvalue weighted by molar-refractivity contribution is 7.90. The van der Waals surface area contributed by atoms with Gasteiger partial charge in [0.2, 0.25) is 0 Å². The maximum Gasteiger partial charge on any atom is 0.175 e. The summed E-state index contributed by atoms with van der Waals surface area (Å²) in [6, 6.07) is 14.7. The average Bonchev–Trinajstić information content (AvgIpc) is 2.96. The van der Waals surface area contributed by atoms with Gasteiger partial charge in [0.05, 0.1) is 4.90 Å². The van der Waals surface area contributed by atoms with Crippen LogP contribution in [0.5, 0.6) is 0 Å². The molecule has 1 heterocycles. The number of aromatic nitrogens is 2. The molecule has 0 radical (unpaired) electrons. The molecule has 3 aromatic rings. The Hall–Kier alpha value is -2.60. The molecule has 0 amide bonds. The van der Waals surface area contributed by atoms with Crippen molar-refractivity contribution in [2.75, 3.05) is 12.0 Å². The van der Waals surface area contributed by atoms with Crippen LogP contribution in [0.2, 0.25) is 0 Å². The number of imidazole rings is 1. The van der Waals surface area contributed by atoms with E-state index in [1.807, 2.05) is 47.2 Å². The molecule has 2 aromatic carbocycles. The Kier molecular flexibility index (Phi) is 4.40. The number of sulfone groups is 1. The Labute approximate surface area is 141 Å². The van der Waals surface area contributed by atoms with Crippen LogP contribution < -0.4 is 5.73 Å². The molecular weight excluding hydrogens is 322 g/mol. The maximum atomic E-state index is 11.5. The molecular formula is C18H19N3O2S. The van der Waals surface area contributed by atoms with Gasteiger partial charge in [-0.3, -0.25) is 0 Å². The minimum Gasteiger partial charge on any atom is -0.398 e. The van der Waals surface area contributed by atoms with Gasteiger partial charge in [0.25, 0.3) is 0 Å². The van der Waals surface area contributed by atoms with Gasteiger partial charge in [-0.05, 0) is 29.3 Å². The molecule has 0 aliphatic heterocycles. The second kappa shape index (κ2) is 6.49. The minimum absolute atomic E-state index is 0.328. The second-order valence-corrected chi connectivity index (χ2v) is 7.78. The van der Waals surface area contributed by atoms with Crippen molar-refractivity contribution in [3.8, 4) is 0 Å². The van der Waals surface area contributed by atoms with Gasteiger partial charge in [-0.2, -0.15) is 0 Å². The first-order valence-electron chi connectivity index (χ1n) is 7.56. The van der Waals surface area contributed by atoms with E-state index in [-0.39, 0.29) is 0 Å². The molecule has 1 aromatic heterocycles. The summed E-state index contributed by atoms with van der Waals surface area (Å²) in [5.41, 5.74) is 8.81. The highest BCUT2D eigenvalue weighted by Gasteiger charge is 2.09. The number of hydrogen-bond donors (Lipinski definition) is 1. The van der Waals surface area contributed by atoms with Gasteiger partial charge in [-0.15, -0.1) is 0 Å². The van der Waals surface area contributed by atoms with Gasteiger partial charge in [0, 0.05) is 37.3 Å². The fraction of sp³-hybridized carbons (Fsp3) is 0.167. The fourth-order valence-corrected chi connectivity index (χ4v) is 3.19. The Bertz CT molecular complexity index is 944. The zero-order valence-corrected chi connectivity index (χ0v) is 14.2. The van der Waals surface area contributed by atoms with Crippen LogP contribution in [-0.4, -0.2) is 24.2 Å². The van der Waals surface area contributed by atoms with Crippen molar-refractivity contribution < 1.29 is 8.42 Å². The third kappa shape index (κ3) is 3.65. The number of nitrogens with two attached hydrogens (primary N) is 1. The topological polar surface area (TPSA) is 78.0 Å². The van der Waals surface area contributed by atoms with Gasteiger partial charge in [0.15, 0.2) is 9.84 Å². The van der Waals surface area contributed by atoms with Crippen molar-refractivity contribution >= 4 is 15.5 Å². The highest BCUT2D eigenvalue weighted by Crippen LogP contribution is 2.17. The number of benzene rings is 2. The number of anilines is 1. The van der Waals surface area contributed by atoms with Crippen LogP contribution in [0.3, 0.4) is 0 Å². The Balaban J connectivity index is 1.80. The van der Waals surface area contributed by atoms with Crippen molar-refractivity contribution in [2.24, 2.45) is 0 Å². The van der Waals surface area contributed by atoms with Crippen molar-refractivity contribution in [3.05, 3.63) is 77.9 Å². The van der Waals surface area contributed by atoms with E-state index in [0.29, 0.717) is 17.9 Å². The Morgan fingerprint density at radius 3 is 2.46 bits per heavy atom. The van der Waals surface area contributed by atoms with Gasteiger partial charge in [-0.1, -0.05) is 30.3 Å². The molecule has 0 aliphatic carbocycles. The highest BCUT2D eigenvalue weighted by atomic mass is 32.2. The first-order valence-corrected chi connectivity index (χ1v) is 9.45. The molecule has 0 spiro atoms. The lowest BCUT2D eigenvalue weighted by atomic mass is 10.1. The molecule has 3 rings (SSSR count). The molecule has 2 N–H and O–H groups in total. The van der Waals surface area contributed by atoms with Crippen LogP contribution in [0, 0.1) is 0 Å². The van der Waals surface area contributed by atoms with Crippen LogP contribution in [0.1, 0.15) is 17.0 Å². The van der Waals surface area contributed by atoms with E-state index < -0.39 is 9.84 Å². The van der Waals surface area contributed by atoms with Crippen LogP contribution in [-0.2, 0) is 22.8 Å². The van der Waals surface area contributed by atoms with Gasteiger partial charge >= 0.3 is 0 Å². The molecule has 0 bridgehead atoms. The summed E-state index contributed by atoms with van der Waals surface area (Å²) < 4.78 is 25.1. The molecule has 0 unspecified atom stereocenters. The van der Waals surface area contributed by atoms with E-state index in [1.54, 1.807) is 18.3 Å². The predicted molar refractivity (Wildman–Crippen MR) is 94.5 cm³/mol. The fourth-order valence-electron chi connectivity index (χ4n) is 2.56. The Morgan fingerprint density at radius 2 is 1.79 bits per heavy atom. The first kappa shape index (κ1) is 16.3. The molecule has 5 nitrogen and oxygen atoms in total. The zero-order chi connectivity index (χ0) is 17.2. The van der Waals surface area contributed by atoms with Crippen LogP contribution in [0.15, 0.2) is 65.8 Å². The summed E-state index contributed by atoms with van der Waals surface area (Å²) in [5.74, 6) is 0.917. The normalized spacial score (nSPS) is 11.5. The predicted octanol–water partition coefficient (Wildman–Crippen LogP) is 2.51. The number of hydrogen-bond acceptors (Lipinski definition) is 4. The minimum atomic E-state index is -3.17. The van der Waals surface area contributed by atoms with Gasteiger partial charge in [-0.25, -0.2) is 13.4 Å².